The van der Waals surface area contributed by atoms with Crippen LogP contribution in [-0.4, -0.2) is 35.8 Å². The molecule has 0 aliphatic rings. The highest BCUT2D eigenvalue weighted by Gasteiger charge is 2.31. The first-order valence-corrected chi connectivity index (χ1v) is 4.88. The summed E-state index contributed by atoms with van der Waals surface area (Å²) >= 11 is 0. The first-order chi connectivity index (χ1) is 9.15. The number of hydrogen-bond acceptors (Lipinski definition) is 7. The lowest BCUT2D eigenvalue weighted by molar-refractivity contribution is -0.384. The zero-order valence-electron chi connectivity index (χ0n) is 9.93. The Bertz CT molecular complexity index is 546. The Morgan fingerprint density at radius 2 is 2.15 bits per heavy atom. The minimum absolute atomic E-state index is 0.627. The highest BCUT2D eigenvalue weighted by atomic mass is 19.4. The maximum atomic E-state index is 12.1. The van der Waals surface area contributed by atoms with E-state index in [1.165, 1.54) is 0 Å². The van der Waals surface area contributed by atoms with Gasteiger partial charge >= 0.3 is 17.8 Å². The lowest BCUT2D eigenvalue weighted by Crippen LogP contribution is -2.21. The fourth-order valence-electron chi connectivity index (χ4n) is 1.16. The summed E-state index contributed by atoms with van der Waals surface area (Å²) in [4.78, 5) is 24.3. The first-order valence-electron chi connectivity index (χ1n) is 4.88. The molecule has 0 radical (unpaired) electrons. The number of esters is 1. The van der Waals surface area contributed by atoms with Crippen molar-refractivity contribution in [2.75, 3.05) is 19.5 Å². The molecule has 8 nitrogen and oxygen atoms in total. The number of pyridine rings is 1. The number of carbonyl (C=O) groups is 1. The maximum absolute atomic E-state index is 12.1. The molecule has 110 valence electrons. The molecule has 0 saturated heterocycles. The number of ether oxygens (including phenoxy) is 2. The van der Waals surface area contributed by atoms with Crippen molar-refractivity contribution in [3.8, 4) is 5.88 Å². The lowest BCUT2D eigenvalue weighted by atomic mass is 10.2. The number of nitro groups is 1. The number of aromatic nitrogens is 1. The molecule has 0 aliphatic carbocycles. The minimum Gasteiger partial charge on any atom is -0.467 e. The zero-order chi connectivity index (χ0) is 15.5. The standard InChI is InChI=1S/C9H8F3N3O5/c1-19-8(16)4-2-5(15(17)18)6(13)14-7(4)20-3-9(10,11)12/h2H,3H2,1H3,(H2,13,14). The van der Waals surface area contributed by atoms with E-state index >= 15 is 0 Å². The number of nitrogen functional groups attached to an aromatic ring is 1. The Morgan fingerprint density at radius 1 is 1.55 bits per heavy atom. The molecule has 0 atom stereocenters. The topological polar surface area (TPSA) is 118 Å². The van der Waals surface area contributed by atoms with Crippen LogP contribution in [0.2, 0.25) is 0 Å². The number of rotatable bonds is 4. The third-order valence-electron chi connectivity index (χ3n) is 1.97. The number of alkyl halides is 3. The molecule has 20 heavy (non-hydrogen) atoms. The summed E-state index contributed by atoms with van der Waals surface area (Å²) in [5.74, 6) is -2.62. The lowest BCUT2D eigenvalue weighted by Gasteiger charge is -2.11. The SMILES string of the molecule is COC(=O)c1cc([N+](=O)[O-])c(N)nc1OCC(F)(F)F. The van der Waals surface area contributed by atoms with Gasteiger partial charge in [-0.25, -0.2) is 4.79 Å². The first kappa shape index (κ1) is 15.5. The Kier molecular flexibility index (Phi) is 4.32. The average molecular weight is 295 g/mol. The fourth-order valence-corrected chi connectivity index (χ4v) is 1.16. The molecule has 0 bridgehead atoms. The number of nitrogens with zero attached hydrogens (tertiary/aromatic N) is 2. The number of anilines is 1. The van der Waals surface area contributed by atoms with E-state index < -0.39 is 46.6 Å². The van der Waals surface area contributed by atoms with Crippen molar-refractivity contribution in [3.63, 3.8) is 0 Å². The van der Waals surface area contributed by atoms with Crippen LogP contribution in [-0.2, 0) is 4.74 Å². The van der Waals surface area contributed by atoms with Crippen LogP contribution in [0, 0.1) is 10.1 Å². The molecule has 1 aromatic heterocycles. The van der Waals surface area contributed by atoms with Crippen molar-refractivity contribution in [2.24, 2.45) is 0 Å². The molecule has 1 heterocycles. The second-order valence-electron chi connectivity index (χ2n) is 3.40. The van der Waals surface area contributed by atoms with Crippen molar-refractivity contribution in [1.29, 1.82) is 0 Å². The van der Waals surface area contributed by atoms with Gasteiger partial charge in [0.05, 0.1) is 12.0 Å². The van der Waals surface area contributed by atoms with Crippen molar-refractivity contribution in [2.45, 2.75) is 6.18 Å². The van der Waals surface area contributed by atoms with Gasteiger partial charge in [0.1, 0.15) is 5.56 Å². The third-order valence-corrected chi connectivity index (χ3v) is 1.97. The summed E-state index contributed by atoms with van der Waals surface area (Å²) in [5.41, 5.74) is 3.83. The van der Waals surface area contributed by atoms with Crippen molar-refractivity contribution < 1.29 is 32.4 Å². The predicted octanol–water partition coefficient (Wildman–Crippen LogP) is 1.30. The van der Waals surface area contributed by atoms with Gasteiger partial charge in [0.15, 0.2) is 6.61 Å². The largest absolute Gasteiger partial charge is 0.467 e. The van der Waals surface area contributed by atoms with Gasteiger partial charge in [0, 0.05) is 6.07 Å². The highest BCUT2D eigenvalue weighted by Crippen LogP contribution is 2.28. The molecule has 0 unspecified atom stereocenters. The summed E-state index contributed by atoms with van der Waals surface area (Å²) < 4.78 is 44.7. The van der Waals surface area contributed by atoms with Crippen molar-refractivity contribution in [1.82, 2.24) is 4.98 Å². The van der Waals surface area contributed by atoms with E-state index in [1.807, 2.05) is 0 Å². The summed E-state index contributed by atoms with van der Waals surface area (Å²) in [6, 6.07) is 0.639. The van der Waals surface area contributed by atoms with Gasteiger partial charge in [-0.1, -0.05) is 0 Å². The van der Waals surface area contributed by atoms with Crippen LogP contribution in [0.25, 0.3) is 0 Å². The Labute approximate surface area is 109 Å². The van der Waals surface area contributed by atoms with Crippen LogP contribution in [0.3, 0.4) is 0 Å². The summed E-state index contributed by atoms with van der Waals surface area (Å²) in [6.07, 6.45) is -4.67. The molecule has 0 fully saturated rings. The summed E-state index contributed by atoms with van der Waals surface area (Å²) in [5, 5.41) is 10.6. The zero-order valence-corrected chi connectivity index (χ0v) is 9.93. The molecule has 0 aromatic carbocycles. The second kappa shape index (κ2) is 5.59. The maximum Gasteiger partial charge on any atom is 0.422 e. The van der Waals surface area contributed by atoms with Crippen LogP contribution >= 0.6 is 0 Å². The molecule has 1 rings (SSSR count). The highest BCUT2D eigenvalue weighted by molar-refractivity contribution is 5.93. The quantitative estimate of drug-likeness (QED) is 0.505. The molecule has 0 saturated carbocycles. The number of halogens is 3. The Hall–Kier alpha value is -2.59. The summed E-state index contributed by atoms with van der Waals surface area (Å²) in [6.45, 7) is -1.73. The fraction of sp³-hybridized carbons (Fsp3) is 0.333. The van der Waals surface area contributed by atoms with Crippen LogP contribution in [0.15, 0.2) is 6.07 Å². The van der Waals surface area contributed by atoms with E-state index in [1.54, 1.807) is 0 Å². The van der Waals surface area contributed by atoms with Crippen molar-refractivity contribution >= 4 is 17.5 Å². The van der Waals surface area contributed by atoms with E-state index in [0.29, 0.717) is 6.07 Å². The average Bonchev–Trinajstić information content (AvgIpc) is 2.34. The number of hydrogen-bond donors (Lipinski definition) is 1. The van der Waals surface area contributed by atoms with Gasteiger partial charge in [-0.3, -0.25) is 10.1 Å². The smallest absolute Gasteiger partial charge is 0.422 e. The van der Waals surface area contributed by atoms with Crippen molar-refractivity contribution in [3.05, 3.63) is 21.7 Å². The third kappa shape index (κ3) is 3.70. The van der Waals surface area contributed by atoms with E-state index in [-0.39, 0.29) is 0 Å². The van der Waals surface area contributed by atoms with E-state index in [4.69, 9.17) is 5.73 Å². The summed E-state index contributed by atoms with van der Waals surface area (Å²) in [7, 11) is 0.943. The molecular weight excluding hydrogens is 287 g/mol. The Morgan fingerprint density at radius 3 is 2.60 bits per heavy atom. The van der Waals surface area contributed by atoms with Crippen LogP contribution < -0.4 is 10.5 Å². The number of carbonyl (C=O) groups excluding carboxylic acids is 1. The van der Waals surface area contributed by atoms with Crippen LogP contribution in [0.5, 0.6) is 5.88 Å². The van der Waals surface area contributed by atoms with E-state index in [9.17, 15) is 28.1 Å². The van der Waals surface area contributed by atoms with Crippen LogP contribution in [0.4, 0.5) is 24.7 Å². The van der Waals surface area contributed by atoms with Gasteiger partial charge in [0.2, 0.25) is 11.7 Å². The van der Waals surface area contributed by atoms with Crippen LogP contribution in [0.1, 0.15) is 10.4 Å². The molecule has 0 spiro atoms. The Balaban J connectivity index is 3.24. The minimum atomic E-state index is -4.67. The molecule has 1 aromatic rings. The molecule has 2 N–H and O–H groups in total. The van der Waals surface area contributed by atoms with E-state index in [2.05, 4.69) is 14.5 Å². The van der Waals surface area contributed by atoms with E-state index in [0.717, 1.165) is 7.11 Å². The number of methoxy groups -OCH3 is 1. The predicted molar refractivity (Wildman–Crippen MR) is 58.2 cm³/mol. The van der Waals surface area contributed by atoms with Gasteiger partial charge < -0.3 is 15.2 Å². The molecule has 11 heteroatoms. The van der Waals surface area contributed by atoms with Gasteiger partial charge in [-0.2, -0.15) is 18.2 Å². The molecule has 0 aliphatic heterocycles. The van der Waals surface area contributed by atoms with Gasteiger partial charge in [-0.05, 0) is 0 Å². The monoisotopic (exact) mass is 295 g/mol. The molecular formula is C9H8F3N3O5. The number of nitrogens with two attached hydrogens (primary N) is 1. The second-order valence-corrected chi connectivity index (χ2v) is 3.40. The van der Waals surface area contributed by atoms with Gasteiger partial charge in [0.25, 0.3) is 0 Å². The van der Waals surface area contributed by atoms with Gasteiger partial charge in [-0.15, -0.1) is 0 Å². The normalized spacial score (nSPS) is 11.0. The molecule has 0 amide bonds.